The molecular weight excluding hydrogens is 258 g/mol. The Hall–Kier alpha value is -2.35. The molecule has 1 N–H and O–H groups in total. The van der Waals surface area contributed by atoms with E-state index < -0.39 is 0 Å². The SMILES string of the molecule is O=C1C=C(NCc2ccccc2)C[C@@H](c2ccccc2)C1. The van der Waals surface area contributed by atoms with Gasteiger partial charge in [-0.15, -0.1) is 0 Å². The van der Waals surface area contributed by atoms with Crippen molar-refractivity contribution in [3.8, 4) is 0 Å². The van der Waals surface area contributed by atoms with E-state index in [-0.39, 0.29) is 5.78 Å². The highest BCUT2D eigenvalue weighted by Crippen LogP contribution is 2.30. The van der Waals surface area contributed by atoms with Crippen molar-refractivity contribution < 1.29 is 4.79 Å². The van der Waals surface area contributed by atoms with Crippen LogP contribution >= 0.6 is 0 Å². The maximum Gasteiger partial charge on any atom is 0.158 e. The summed E-state index contributed by atoms with van der Waals surface area (Å²) in [6.45, 7) is 0.765. The van der Waals surface area contributed by atoms with Gasteiger partial charge in [0, 0.05) is 24.7 Å². The number of allylic oxidation sites excluding steroid dienone is 2. The maximum absolute atomic E-state index is 12.0. The minimum absolute atomic E-state index is 0.214. The van der Waals surface area contributed by atoms with Gasteiger partial charge in [-0.2, -0.15) is 0 Å². The van der Waals surface area contributed by atoms with Crippen LogP contribution in [0, 0.1) is 0 Å². The number of carbonyl (C=O) groups is 1. The predicted molar refractivity (Wildman–Crippen MR) is 84.8 cm³/mol. The van der Waals surface area contributed by atoms with E-state index in [1.54, 1.807) is 6.08 Å². The van der Waals surface area contributed by atoms with Gasteiger partial charge in [-0.1, -0.05) is 60.7 Å². The van der Waals surface area contributed by atoms with Crippen molar-refractivity contribution in [1.29, 1.82) is 0 Å². The largest absolute Gasteiger partial charge is 0.384 e. The molecule has 2 aromatic carbocycles. The van der Waals surface area contributed by atoms with Gasteiger partial charge in [-0.05, 0) is 23.5 Å². The van der Waals surface area contributed by atoms with E-state index in [2.05, 4.69) is 29.6 Å². The third kappa shape index (κ3) is 3.60. The monoisotopic (exact) mass is 277 g/mol. The fourth-order valence-corrected chi connectivity index (χ4v) is 2.79. The van der Waals surface area contributed by atoms with Crippen LogP contribution in [0.4, 0.5) is 0 Å². The van der Waals surface area contributed by atoms with Crippen LogP contribution in [0.5, 0.6) is 0 Å². The molecule has 0 radical (unpaired) electrons. The molecule has 1 atom stereocenters. The lowest BCUT2D eigenvalue weighted by Gasteiger charge is -2.23. The molecule has 0 amide bonds. The smallest absolute Gasteiger partial charge is 0.158 e. The molecule has 2 aromatic rings. The number of carbonyl (C=O) groups excluding carboxylic acids is 1. The van der Waals surface area contributed by atoms with Crippen molar-refractivity contribution in [1.82, 2.24) is 5.32 Å². The normalized spacial score (nSPS) is 18.2. The lowest BCUT2D eigenvalue weighted by molar-refractivity contribution is -0.115. The van der Waals surface area contributed by atoms with Crippen LogP contribution in [0.1, 0.15) is 29.9 Å². The van der Waals surface area contributed by atoms with E-state index in [1.807, 2.05) is 36.4 Å². The molecule has 0 bridgehead atoms. The molecule has 3 rings (SSSR count). The van der Waals surface area contributed by atoms with E-state index in [1.165, 1.54) is 11.1 Å². The van der Waals surface area contributed by atoms with Crippen molar-refractivity contribution >= 4 is 5.78 Å². The van der Waals surface area contributed by atoms with E-state index in [4.69, 9.17) is 0 Å². The van der Waals surface area contributed by atoms with E-state index in [9.17, 15) is 4.79 Å². The Morgan fingerprint density at radius 1 is 0.905 bits per heavy atom. The number of nitrogens with one attached hydrogen (secondary N) is 1. The summed E-state index contributed by atoms with van der Waals surface area (Å²) in [4.78, 5) is 12.0. The highest BCUT2D eigenvalue weighted by Gasteiger charge is 2.21. The maximum atomic E-state index is 12.0. The lowest BCUT2D eigenvalue weighted by Crippen LogP contribution is -2.21. The molecule has 2 heteroatoms. The van der Waals surface area contributed by atoms with Gasteiger partial charge in [0.2, 0.25) is 0 Å². The summed E-state index contributed by atoms with van der Waals surface area (Å²) in [7, 11) is 0. The predicted octanol–water partition coefficient (Wildman–Crippen LogP) is 3.81. The van der Waals surface area contributed by atoms with Gasteiger partial charge in [0.25, 0.3) is 0 Å². The standard InChI is InChI=1S/C19H19NO/c21-19-12-17(16-9-5-2-6-10-16)11-18(13-19)20-14-15-7-3-1-4-8-15/h1-10,13,17,20H,11-12,14H2/t17-/m1/s1. The molecule has 0 aromatic heterocycles. The second kappa shape index (κ2) is 6.40. The molecule has 1 aliphatic rings. The zero-order valence-corrected chi connectivity index (χ0v) is 12.0. The van der Waals surface area contributed by atoms with Crippen LogP contribution in [-0.2, 0) is 11.3 Å². The van der Waals surface area contributed by atoms with Gasteiger partial charge >= 0.3 is 0 Å². The third-order valence-electron chi connectivity index (χ3n) is 3.88. The Morgan fingerprint density at radius 3 is 2.29 bits per heavy atom. The second-order valence-corrected chi connectivity index (χ2v) is 5.49. The van der Waals surface area contributed by atoms with Crippen molar-refractivity contribution in [2.45, 2.75) is 25.3 Å². The first-order valence-electron chi connectivity index (χ1n) is 7.37. The fourth-order valence-electron chi connectivity index (χ4n) is 2.79. The van der Waals surface area contributed by atoms with E-state index in [0.717, 1.165) is 18.7 Å². The van der Waals surface area contributed by atoms with Crippen LogP contribution in [0.2, 0.25) is 0 Å². The number of hydrogen-bond donors (Lipinski definition) is 1. The molecule has 1 aliphatic carbocycles. The van der Waals surface area contributed by atoms with Crippen LogP contribution in [0.25, 0.3) is 0 Å². The topological polar surface area (TPSA) is 29.1 Å². The van der Waals surface area contributed by atoms with Crippen LogP contribution in [0.3, 0.4) is 0 Å². The molecule has 0 saturated heterocycles. The minimum atomic E-state index is 0.214. The average molecular weight is 277 g/mol. The summed E-state index contributed by atoms with van der Waals surface area (Å²) >= 11 is 0. The molecule has 0 fully saturated rings. The first-order valence-corrected chi connectivity index (χ1v) is 7.37. The number of hydrogen-bond acceptors (Lipinski definition) is 2. The van der Waals surface area contributed by atoms with Crippen molar-refractivity contribution in [2.24, 2.45) is 0 Å². The van der Waals surface area contributed by atoms with E-state index >= 15 is 0 Å². The third-order valence-corrected chi connectivity index (χ3v) is 3.88. The molecule has 0 aliphatic heterocycles. The Morgan fingerprint density at radius 2 is 1.57 bits per heavy atom. The van der Waals surface area contributed by atoms with Gasteiger partial charge < -0.3 is 5.32 Å². The van der Waals surface area contributed by atoms with Gasteiger partial charge in [0.05, 0.1) is 0 Å². The van der Waals surface area contributed by atoms with Gasteiger partial charge in [-0.25, -0.2) is 0 Å². The van der Waals surface area contributed by atoms with Gasteiger partial charge in [-0.3, -0.25) is 4.79 Å². The van der Waals surface area contributed by atoms with Crippen LogP contribution < -0.4 is 5.32 Å². The Bertz CT molecular complexity index is 631. The summed E-state index contributed by atoms with van der Waals surface area (Å²) in [5.41, 5.74) is 3.52. The number of rotatable bonds is 4. The summed E-state index contributed by atoms with van der Waals surface area (Å²) in [6.07, 6.45) is 3.28. The summed E-state index contributed by atoms with van der Waals surface area (Å²) in [5.74, 6) is 0.507. The lowest BCUT2D eigenvalue weighted by atomic mass is 9.85. The molecule has 106 valence electrons. The Balaban J connectivity index is 1.67. The summed E-state index contributed by atoms with van der Waals surface area (Å²) < 4.78 is 0. The van der Waals surface area contributed by atoms with Crippen molar-refractivity contribution in [3.05, 3.63) is 83.6 Å². The summed E-state index contributed by atoms with van der Waals surface area (Å²) in [5, 5.41) is 3.41. The molecule has 0 unspecified atom stereocenters. The minimum Gasteiger partial charge on any atom is -0.384 e. The molecule has 0 spiro atoms. The summed E-state index contributed by atoms with van der Waals surface area (Å²) in [6, 6.07) is 20.6. The highest BCUT2D eigenvalue weighted by molar-refractivity contribution is 5.91. The first-order chi connectivity index (χ1) is 10.3. The van der Waals surface area contributed by atoms with Gasteiger partial charge in [0.1, 0.15) is 0 Å². The van der Waals surface area contributed by atoms with Crippen LogP contribution in [-0.4, -0.2) is 5.78 Å². The van der Waals surface area contributed by atoms with Crippen LogP contribution in [0.15, 0.2) is 72.4 Å². The van der Waals surface area contributed by atoms with Gasteiger partial charge in [0.15, 0.2) is 5.78 Å². The fraction of sp³-hybridized carbons (Fsp3) is 0.211. The average Bonchev–Trinajstić information content (AvgIpc) is 2.54. The van der Waals surface area contributed by atoms with Crippen molar-refractivity contribution in [3.63, 3.8) is 0 Å². The molecule has 0 heterocycles. The Kier molecular flexibility index (Phi) is 4.15. The number of ketones is 1. The molecule has 2 nitrogen and oxygen atoms in total. The molecule has 21 heavy (non-hydrogen) atoms. The van der Waals surface area contributed by atoms with E-state index in [0.29, 0.717) is 12.3 Å². The van der Waals surface area contributed by atoms with Crippen molar-refractivity contribution in [2.75, 3.05) is 0 Å². The first kappa shape index (κ1) is 13.6. The zero-order valence-electron chi connectivity index (χ0n) is 12.0. The highest BCUT2D eigenvalue weighted by atomic mass is 16.1. The molecule has 0 saturated carbocycles. The quantitative estimate of drug-likeness (QED) is 0.920. The zero-order chi connectivity index (χ0) is 14.5. The molecular formula is C19H19NO. The Labute approximate surface area is 125 Å². The second-order valence-electron chi connectivity index (χ2n) is 5.49. The number of benzene rings is 2.